The largest absolute Gasteiger partial charge is 0.381 e. The second kappa shape index (κ2) is 4.93. The van der Waals surface area contributed by atoms with Crippen LogP contribution in [-0.4, -0.2) is 33.2 Å². The fourth-order valence-electron chi connectivity index (χ4n) is 1.97. The van der Waals surface area contributed by atoms with Crippen molar-refractivity contribution >= 4 is 23.0 Å². The highest BCUT2D eigenvalue weighted by Crippen LogP contribution is 2.27. The molecule has 1 aliphatic rings. The van der Waals surface area contributed by atoms with Gasteiger partial charge in [0.1, 0.15) is 0 Å². The molecule has 1 unspecified atom stereocenters. The van der Waals surface area contributed by atoms with Crippen molar-refractivity contribution in [1.82, 2.24) is 5.32 Å². The van der Waals surface area contributed by atoms with Crippen LogP contribution in [0.5, 0.6) is 0 Å². The third-order valence-corrected chi connectivity index (χ3v) is 3.16. The molecule has 0 saturated carbocycles. The van der Waals surface area contributed by atoms with Crippen LogP contribution in [0.2, 0.25) is 5.02 Å². The summed E-state index contributed by atoms with van der Waals surface area (Å²) in [6, 6.07) is 6.66. The van der Waals surface area contributed by atoms with E-state index < -0.39 is 0 Å². The van der Waals surface area contributed by atoms with Gasteiger partial charge in [-0.2, -0.15) is 0 Å². The number of nitrogens with one attached hydrogen (secondary N) is 2. The monoisotopic (exact) mass is 239 g/mol. The van der Waals surface area contributed by atoms with Crippen LogP contribution in [0.25, 0.3) is 0 Å². The highest BCUT2D eigenvalue weighted by molar-refractivity contribution is 6.33. The zero-order valence-electron chi connectivity index (χ0n) is 9.76. The van der Waals surface area contributed by atoms with E-state index in [2.05, 4.69) is 16.7 Å². The highest BCUT2D eigenvalue weighted by Gasteiger charge is 2.14. The minimum atomic E-state index is 0.529. The molecule has 1 saturated heterocycles. The van der Waals surface area contributed by atoms with Gasteiger partial charge in [0.15, 0.2) is 0 Å². The van der Waals surface area contributed by atoms with Gasteiger partial charge in [0, 0.05) is 32.4 Å². The van der Waals surface area contributed by atoms with Crippen molar-refractivity contribution in [2.24, 2.45) is 0 Å². The van der Waals surface area contributed by atoms with Crippen LogP contribution < -0.4 is 15.5 Å². The number of benzene rings is 1. The third kappa shape index (κ3) is 2.60. The van der Waals surface area contributed by atoms with Crippen LogP contribution in [0.1, 0.15) is 6.42 Å². The molecule has 0 bridgehead atoms. The van der Waals surface area contributed by atoms with E-state index >= 15 is 0 Å². The number of anilines is 2. The molecule has 2 rings (SSSR count). The number of hydrogen-bond acceptors (Lipinski definition) is 3. The van der Waals surface area contributed by atoms with E-state index in [0.717, 1.165) is 29.5 Å². The Morgan fingerprint density at radius 1 is 1.44 bits per heavy atom. The normalized spacial score (nSPS) is 19.8. The molecule has 4 heteroatoms. The Morgan fingerprint density at radius 2 is 2.25 bits per heavy atom. The van der Waals surface area contributed by atoms with Gasteiger partial charge in [-0.3, -0.25) is 0 Å². The molecule has 0 aliphatic carbocycles. The molecule has 1 heterocycles. The Labute approximate surface area is 102 Å². The first-order valence-corrected chi connectivity index (χ1v) is 5.99. The molecule has 0 spiro atoms. The van der Waals surface area contributed by atoms with E-state index in [4.69, 9.17) is 11.6 Å². The highest BCUT2D eigenvalue weighted by atomic mass is 35.5. The second-order valence-electron chi connectivity index (χ2n) is 4.39. The molecule has 88 valence electrons. The summed E-state index contributed by atoms with van der Waals surface area (Å²) >= 11 is 6.21. The summed E-state index contributed by atoms with van der Waals surface area (Å²) in [4.78, 5) is 2.02. The van der Waals surface area contributed by atoms with E-state index in [1.54, 1.807) is 0 Å². The Kier molecular flexibility index (Phi) is 3.56. The number of halogens is 1. The summed E-state index contributed by atoms with van der Waals surface area (Å²) in [6.45, 7) is 2.13. The first kappa shape index (κ1) is 11.6. The van der Waals surface area contributed by atoms with Crippen LogP contribution in [0, 0.1) is 0 Å². The molecule has 0 amide bonds. The predicted octanol–water partition coefficient (Wildman–Crippen LogP) is 2.18. The van der Waals surface area contributed by atoms with Crippen LogP contribution >= 0.6 is 11.6 Å². The van der Waals surface area contributed by atoms with Gasteiger partial charge >= 0.3 is 0 Å². The van der Waals surface area contributed by atoms with Gasteiger partial charge in [0.25, 0.3) is 0 Å². The number of rotatable bonds is 3. The zero-order chi connectivity index (χ0) is 11.5. The van der Waals surface area contributed by atoms with Gasteiger partial charge in [-0.1, -0.05) is 11.6 Å². The van der Waals surface area contributed by atoms with Gasteiger partial charge in [-0.25, -0.2) is 0 Å². The lowest BCUT2D eigenvalue weighted by atomic mass is 10.2. The maximum atomic E-state index is 6.21. The average molecular weight is 240 g/mol. The third-order valence-electron chi connectivity index (χ3n) is 2.86. The molecular formula is C12H18ClN3. The Morgan fingerprint density at radius 3 is 2.81 bits per heavy atom. The maximum absolute atomic E-state index is 6.21. The molecular weight excluding hydrogens is 222 g/mol. The second-order valence-corrected chi connectivity index (χ2v) is 4.80. The summed E-state index contributed by atoms with van der Waals surface area (Å²) in [6.07, 6.45) is 1.17. The minimum absolute atomic E-state index is 0.529. The molecule has 1 atom stereocenters. The lowest BCUT2D eigenvalue weighted by Crippen LogP contribution is -2.22. The standard InChI is InChI=1S/C12H18ClN3/c1-16(2)12-4-3-9(7-11(12)13)15-10-5-6-14-8-10/h3-4,7,10,14-15H,5-6,8H2,1-2H3. The summed E-state index contributed by atoms with van der Waals surface area (Å²) in [5.41, 5.74) is 2.15. The summed E-state index contributed by atoms with van der Waals surface area (Å²) in [7, 11) is 3.99. The molecule has 3 nitrogen and oxygen atoms in total. The van der Waals surface area contributed by atoms with Crippen molar-refractivity contribution in [3.8, 4) is 0 Å². The van der Waals surface area contributed by atoms with Crippen molar-refractivity contribution in [3.05, 3.63) is 23.2 Å². The van der Waals surface area contributed by atoms with Gasteiger partial charge in [0.2, 0.25) is 0 Å². The maximum Gasteiger partial charge on any atom is 0.0659 e. The van der Waals surface area contributed by atoms with Crippen molar-refractivity contribution < 1.29 is 0 Å². The van der Waals surface area contributed by atoms with Gasteiger partial charge in [-0.05, 0) is 31.2 Å². The van der Waals surface area contributed by atoms with Crippen molar-refractivity contribution in [3.63, 3.8) is 0 Å². The first-order valence-electron chi connectivity index (χ1n) is 5.61. The van der Waals surface area contributed by atoms with E-state index in [-0.39, 0.29) is 0 Å². The zero-order valence-corrected chi connectivity index (χ0v) is 10.5. The molecule has 0 radical (unpaired) electrons. The Balaban J connectivity index is 2.08. The van der Waals surface area contributed by atoms with Crippen LogP contribution in [-0.2, 0) is 0 Å². The number of hydrogen-bond donors (Lipinski definition) is 2. The smallest absolute Gasteiger partial charge is 0.0659 e. The van der Waals surface area contributed by atoms with Crippen molar-refractivity contribution in [2.75, 3.05) is 37.4 Å². The van der Waals surface area contributed by atoms with Crippen LogP contribution in [0.3, 0.4) is 0 Å². The van der Waals surface area contributed by atoms with E-state index in [1.165, 1.54) is 6.42 Å². The van der Waals surface area contributed by atoms with E-state index in [9.17, 15) is 0 Å². The average Bonchev–Trinajstić information content (AvgIpc) is 2.70. The van der Waals surface area contributed by atoms with Gasteiger partial charge in [-0.15, -0.1) is 0 Å². The van der Waals surface area contributed by atoms with Crippen molar-refractivity contribution in [1.29, 1.82) is 0 Å². The first-order chi connectivity index (χ1) is 7.66. The number of nitrogens with zero attached hydrogens (tertiary/aromatic N) is 1. The Hall–Kier alpha value is -0.930. The van der Waals surface area contributed by atoms with Crippen LogP contribution in [0.4, 0.5) is 11.4 Å². The quantitative estimate of drug-likeness (QED) is 0.847. The fraction of sp³-hybridized carbons (Fsp3) is 0.500. The van der Waals surface area contributed by atoms with E-state index in [0.29, 0.717) is 6.04 Å². The molecule has 16 heavy (non-hydrogen) atoms. The van der Waals surface area contributed by atoms with Crippen LogP contribution in [0.15, 0.2) is 18.2 Å². The molecule has 0 aromatic heterocycles. The molecule has 1 aromatic rings. The lowest BCUT2D eigenvalue weighted by molar-refractivity contribution is 0.793. The molecule has 1 aliphatic heterocycles. The van der Waals surface area contributed by atoms with Crippen molar-refractivity contribution in [2.45, 2.75) is 12.5 Å². The summed E-state index contributed by atoms with van der Waals surface area (Å²) in [5.74, 6) is 0. The molecule has 1 aromatic carbocycles. The topological polar surface area (TPSA) is 27.3 Å². The molecule has 2 N–H and O–H groups in total. The minimum Gasteiger partial charge on any atom is -0.381 e. The summed E-state index contributed by atoms with van der Waals surface area (Å²) in [5, 5.41) is 7.61. The molecule has 1 fully saturated rings. The Bertz CT molecular complexity index is 359. The van der Waals surface area contributed by atoms with Gasteiger partial charge < -0.3 is 15.5 Å². The van der Waals surface area contributed by atoms with E-state index in [1.807, 2.05) is 31.1 Å². The lowest BCUT2D eigenvalue weighted by Gasteiger charge is -2.17. The summed E-state index contributed by atoms with van der Waals surface area (Å²) < 4.78 is 0. The SMILES string of the molecule is CN(C)c1ccc(NC2CCNC2)cc1Cl. The van der Waals surface area contributed by atoms with Gasteiger partial charge in [0.05, 0.1) is 10.7 Å². The predicted molar refractivity (Wildman–Crippen MR) is 70.7 cm³/mol. The fourth-order valence-corrected chi connectivity index (χ4v) is 2.32.